The Kier molecular flexibility index (Phi) is 6.39. The van der Waals surface area contributed by atoms with Gasteiger partial charge in [0.05, 0.1) is 11.3 Å². The van der Waals surface area contributed by atoms with Crippen molar-refractivity contribution in [3.05, 3.63) is 95.6 Å². The topological polar surface area (TPSA) is 76.1 Å². The number of amides is 1. The first-order chi connectivity index (χ1) is 13.9. The van der Waals surface area contributed by atoms with Crippen LogP contribution in [0.2, 0.25) is 0 Å². The van der Waals surface area contributed by atoms with E-state index in [0.717, 1.165) is 5.56 Å². The van der Waals surface area contributed by atoms with Gasteiger partial charge in [-0.05, 0) is 48.4 Å². The summed E-state index contributed by atoms with van der Waals surface area (Å²) in [7, 11) is -3.75. The molecule has 1 atom stereocenters. The van der Waals surface area contributed by atoms with E-state index in [-0.39, 0.29) is 29.6 Å². The molecule has 0 radical (unpaired) electrons. The van der Waals surface area contributed by atoms with Crippen molar-refractivity contribution in [1.29, 1.82) is 0 Å². The van der Waals surface area contributed by atoms with Crippen LogP contribution in [-0.2, 0) is 21.1 Å². The molecule has 0 spiro atoms. The highest BCUT2D eigenvalue weighted by Gasteiger charge is 2.29. The lowest BCUT2D eigenvalue weighted by molar-refractivity contribution is -0.120. The molecule has 0 aliphatic rings. The molecule has 1 aromatic heterocycles. The fourth-order valence-corrected chi connectivity index (χ4v) is 4.57. The summed E-state index contributed by atoms with van der Waals surface area (Å²) in [5, 5.41) is 1.72. The van der Waals surface area contributed by atoms with Gasteiger partial charge in [0.25, 0.3) is 0 Å². The zero-order valence-electron chi connectivity index (χ0n) is 15.9. The SMILES string of the molecule is Cc1ccc(S(=O)(=O)C(CNC(=O)Cc2ccc(F)cc2)c2cccnc2)cc1. The highest BCUT2D eigenvalue weighted by molar-refractivity contribution is 7.91. The van der Waals surface area contributed by atoms with Gasteiger partial charge >= 0.3 is 0 Å². The standard InChI is InChI=1S/C22H21FN2O3S/c1-16-4-10-20(11-5-16)29(27,28)21(18-3-2-12-24-14-18)15-25-22(26)13-17-6-8-19(23)9-7-17/h2-12,14,21H,13,15H2,1H3,(H,25,26). The van der Waals surface area contributed by atoms with Crippen molar-refractivity contribution in [2.45, 2.75) is 23.5 Å². The Morgan fingerprint density at radius 1 is 1.07 bits per heavy atom. The smallest absolute Gasteiger partial charge is 0.224 e. The average Bonchev–Trinajstić information content (AvgIpc) is 2.71. The Labute approximate surface area is 169 Å². The summed E-state index contributed by atoms with van der Waals surface area (Å²) in [5.74, 6) is -0.723. The van der Waals surface area contributed by atoms with Gasteiger partial charge in [0.1, 0.15) is 11.1 Å². The molecule has 29 heavy (non-hydrogen) atoms. The van der Waals surface area contributed by atoms with Crippen LogP contribution in [0, 0.1) is 12.7 Å². The van der Waals surface area contributed by atoms with Crippen LogP contribution in [0.5, 0.6) is 0 Å². The van der Waals surface area contributed by atoms with E-state index in [1.165, 1.54) is 30.5 Å². The van der Waals surface area contributed by atoms with Crippen molar-refractivity contribution in [2.24, 2.45) is 0 Å². The van der Waals surface area contributed by atoms with Crippen LogP contribution in [0.3, 0.4) is 0 Å². The van der Waals surface area contributed by atoms with Gasteiger partial charge in [-0.3, -0.25) is 9.78 Å². The van der Waals surface area contributed by atoms with Gasteiger partial charge in [-0.2, -0.15) is 0 Å². The second-order valence-corrected chi connectivity index (χ2v) is 8.87. The number of hydrogen-bond acceptors (Lipinski definition) is 4. The fraction of sp³-hybridized carbons (Fsp3) is 0.182. The minimum atomic E-state index is -3.75. The first kappa shape index (κ1) is 20.7. The number of rotatable bonds is 7. The molecule has 3 rings (SSSR count). The maximum atomic E-state index is 13.2. The normalized spacial score (nSPS) is 12.3. The lowest BCUT2D eigenvalue weighted by Gasteiger charge is -2.19. The van der Waals surface area contributed by atoms with Gasteiger partial charge < -0.3 is 5.32 Å². The van der Waals surface area contributed by atoms with Crippen molar-refractivity contribution in [3.8, 4) is 0 Å². The van der Waals surface area contributed by atoms with Crippen molar-refractivity contribution >= 4 is 15.7 Å². The molecule has 1 N–H and O–H groups in total. The second-order valence-electron chi connectivity index (χ2n) is 6.74. The van der Waals surface area contributed by atoms with Gasteiger partial charge in [-0.15, -0.1) is 0 Å². The summed E-state index contributed by atoms with van der Waals surface area (Å²) in [4.78, 5) is 16.5. The Bertz CT molecular complexity index is 1070. The highest BCUT2D eigenvalue weighted by atomic mass is 32.2. The maximum absolute atomic E-state index is 13.2. The Balaban J connectivity index is 1.80. The van der Waals surface area contributed by atoms with Crippen LogP contribution in [0.25, 0.3) is 0 Å². The van der Waals surface area contributed by atoms with Gasteiger partial charge in [0, 0.05) is 18.9 Å². The summed E-state index contributed by atoms with van der Waals surface area (Å²) in [6, 6.07) is 15.5. The summed E-state index contributed by atoms with van der Waals surface area (Å²) >= 11 is 0. The van der Waals surface area contributed by atoms with Gasteiger partial charge in [-0.25, -0.2) is 12.8 Å². The number of carbonyl (C=O) groups is 1. The third-order valence-electron chi connectivity index (χ3n) is 4.54. The Morgan fingerprint density at radius 2 is 1.76 bits per heavy atom. The van der Waals surface area contributed by atoms with Crippen LogP contribution >= 0.6 is 0 Å². The molecule has 0 aliphatic heterocycles. The van der Waals surface area contributed by atoms with Crippen molar-refractivity contribution in [1.82, 2.24) is 10.3 Å². The number of benzene rings is 2. The van der Waals surface area contributed by atoms with Crippen LogP contribution in [0.15, 0.2) is 78.0 Å². The Morgan fingerprint density at radius 3 is 2.38 bits per heavy atom. The zero-order chi connectivity index (χ0) is 20.9. The number of pyridine rings is 1. The predicted molar refractivity (Wildman–Crippen MR) is 108 cm³/mol. The minimum Gasteiger partial charge on any atom is -0.354 e. The van der Waals surface area contributed by atoms with Crippen LogP contribution in [0.1, 0.15) is 21.9 Å². The van der Waals surface area contributed by atoms with E-state index in [1.807, 2.05) is 6.92 Å². The molecule has 1 heterocycles. The van der Waals surface area contributed by atoms with E-state index in [0.29, 0.717) is 11.1 Å². The lowest BCUT2D eigenvalue weighted by atomic mass is 10.1. The average molecular weight is 412 g/mol. The number of nitrogens with one attached hydrogen (secondary N) is 1. The molecular formula is C22H21FN2O3S. The van der Waals surface area contributed by atoms with Crippen molar-refractivity contribution in [3.63, 3.8) is 0 Å². The first-order valence-electron chi connectivity index (χ1n) is 9.08. The quantitative estimate of drug-likeness (QED) is 0.645. The molecule has 2 aromatic carbocycles. The van der Waals surface area contributed by atoms with Crippen molar-refractivity contribution in [2.75, 3.05) is 6.54 Å². The number of aryl methyl sites for hydroxylation is 1. The Hall–Kier alpha value is -3.06. The second kappa shape index (κ2) is 8.96. The van der Waals surface area contributed by atoms with Crippen LogP contribution in [0.4, 0.5) is 4.39 Å². The van der Waals surface area contributed by atoms with Crippen molar-refractivity contribution < 1.29 is 17.6 Å². The fourth-order valence-electron chi connectivity index (χ4n) is 2.92. The number of carbonyl (C=O) groups excluding carboxylic acids is 1. The minimum absolute atomic E-state index is 0.0324. The number of halogens is 1. The molecule has 150 valence electrons. The molecule has 0 bridgehead atoms. The van der Waals surface area contributed by atoms with E-state index in [4.69, 9.17) is 0 Å². The molecule has 0 fully saturated rings. The lowest BCUT2D eigenvalue weighted by Crippen LogP contribution is -2.33. The monoisotopic (exact) mass is 412 g/mol. The summed E-state index contributed by atoms with van der Waals surface area (Å²) in [6.07, 6.45) is 3.08. The van der Waals surface area contributed by atoms with Gasteiger partial charge in [-0.1, -0.05) is 35.9 Å². The van der Waals surface area contributed by atoms with E-state index in [1.54, 1.807) is 42.6 Å². The largest absolute Gasteiger partial charge is 0.354 e. The van der Waals surface area contributed by atoms with Crippen LogP contribution < -0.4 is 5.32 Å². The first-order valence-corrected chi connectivity index (χ1v) is 10.6. The predicted octanol–water partition coefficient (Wildman–Crippen LogP) is 3.40. The highest BCUT2D eigenvalue weighted by Crippen LogP contribution is 2.28. The number of hydrogen-bond donors (Lipinski definition) is 1. The number of nitrogens with zero attached hydrogens (tertiary/aromatic N) is 1. The molecule has 3 aromatic rings. The number of aromatic nitrogens is 1. The van der Waals surface area contributed by atoms with E-state index >= 15 is 0 Å². The van der Waals surface area contributed by atoms with E-state index in [9.17, 15) is 17.6 Å². The molecule has 1 unspecified atom stereocenters. The van der Waals surface area contributed by atoms with Gasteiger partial charge in [0.2, 0.25) is 5.91 Å². The maximum Gasteiger partial charge on any atom is 0.224 e. The molecule has 7 heteroatoms. The molecule has 5 nitrogen and oxygen atoms in total. The molecule has 1 amide bonds. The summed E-state index contributed by atoms with van der Waals surface area (Å²) in [5.41, 5.74) is 2.09. The van der Waals surface area contributed by atoms with E-state index < -0.39 is 15.1 Å². The molecule has 0 aliphatic carbocycles. The summed E-state index contributed by atoms with van der Waals surface area (Å²) in [6.45, 7) is 1.78. The molecular weight excluding hydrogens is 391 g/mol. The van der Waals surface area contributed by atoms with E-state index in [2.05, 4.69) is 10.3 Å². The zero-order valence-corrected chi connectivity index (χ0v) is 16.7. The van der Waals surface area contributed by atoms with Crippen LogP contribution in [-0.4, -0.2) is 25.9 Å². The third-order valence-corrected chi connectivity index (χ3v) is 6.66. The van der Waals surface area contributed by atoms with Gasteiger partial charge in [0.15, 0.2) is 9.84 Å². The summed E-state index contributed by atoms with van der Waals surface area (Å²) < 4.78 is 39.5. The molecule has 0 saturated heterocycles. The third kappa shape index (κ3) is 5.26. The molecule has 0 saturated carbocycles. The number of sulfone groups is 1.